The number of aromatic nitrogens is 3. The number of fused-ring (bicyclic) bond motifs is 1. The normalized spacial score (nSPS) is 15.2. The third-order valence-electron chi connectivity index (χ3n) is 5.80. The van der Waals surface area contributed by atoms with Crippen LogP contribution in [-0.4, -0.2) is 44.6 Å². The van der Waals surface area contributed by atoms with E-state index in [-0.39, 0.29) is 28.2 Å². The predicted octanol–water partition coefficient (Wildman–Crippen LogP) is 4.85. The van der Waals surface area contributed by atoms with Crippen molar-refractivity contribution in [2.24, 2.45) is 0 Å². The van der Waals surface area contributed by atoms with E-state index >= 15 is 0 Å². The first-order valence-corrected chi connectivity index (χ1v) is 10.7. The molecule has 0 saturated carbocycles. The minimum atomic E-state index is -4.46. The summed E-state index contributed by atoms with van der Waals surface area (Å²) in [6.45, 7) is 4.57. The number of likely N-dealkylation sites (tertiary alicyclic amines) is 1. The quantitative estimate of drug-likeness (QED) is 0.582. The van der Waals surface area contributed by atoms with Crippen molar-refractivity contribution in [1.29, 1.82) is 0 Å². The number of rotatable bonds is 3. The lowest BCUT2D eigenvalue weighted by Crippen LogP contribution is -2.37. The topological polar surface area (TPSA) is 80.1 Å². The van der Waals surface area contributed by atoms with Crippen LogP contribution in [0.25, 0.3) is 11.0 Å². The summed E-state index contributed by atoms with van der Waals surface area (Å²) in [4.78, 5) is 30.6. The van der Waals surface area contributed by atoms with Gasteiger partial charge in [0.1, 0.15) is 0 Å². The van der Waals surface area contributed by atoms with Crippen molar-refractivity contribution in [2.75, 3.05) is 18.4 Å². The van der Waals surface area contributed by atoms with E-state index in [1.54, 1.807) is 23.4 Å². The van der Waals surface area contributed by atoms with Crippen LogP contribution in [0.15, 0.2) is 30.5 Å². The zero-order valence-electron chi connectivity index (χ0n) is 17.9. The molecule has 1 fully saturated rings. The average Bonchev–Trinajstić information content (AvgIpc) is 3.11. The summed E-state index contributed by atoms with van der Waals surface area (Å²) < 4.78 is 40.0. The summed E-state index contributed by atoms with van der Waals surface area (Å²) in [5.74, 6) is -0.545. The minimum Gasteiger partial charge on any atom is -0.343 e. The van der Waals surface area contributed by atoms with Gasteiger partial charge in [0, 0.05) is 31.9 Å². The smallest absolute Gasteiger partial charge is 0.343 e. The van der Waals surface area contributed by atoms with Gasteiger partial charge in [-0.15, -0.1) is 0 Å². The lowest BCUT2D eigenvalue weighted by molar-refractivity contribution is -0.137. The van der Waals surface area contributed by atoms with Crippen molar-refractivity contribution in [3.05, 3.63) is 52.3 Å². The van der Waals surface area contributed by atoms with Gasteiger partial charge >= 0.3 is 6.18 Å². The number of hydrogen-bond acceptors (Lipinski definition) is 4. The van der Waals surface area contributed by atoms with E-state index in [4.69, 9.17) is 11.6 Å². The minimum absolute atomic E-state index is 0.0415. The number of hydrogen-bond donors (Lipinski definition) is 1. The summed E-state index contributed by atoms with van der Waals surface area (Å²) in [6.07, 6.45) is -1.66. The second-order valence-corrected chi connectivity index (χ2v) is 8.36. The third kappa shape index (κ3) is 4.52. The molecule has 0 aliphatic carbocycles. The lowest BCUT2D eigenvalue weighted by Gasteiger charge is -2.31. The van der Waals surface area contributed by atoms with Gasteiger partial charge < -0.3 is 10.2 Å². The maximum Gasteiger partial charge on any atom is 0.416 e. The summed E-state index contributed by atoms with van der Waals surface area (Å²) >= 11 is 6.55. The molecule has 0 unspecified atom stereocenters. The van der Waals surface area contributed by atoms with Crippen LogP contribution in [0.2, 0.25) is 5.02 Å². The Morgan fingerprint density at radius 3 is 2.36 bits per heavy atom. The average molecular weight is 480 g/mol. The highest BCUT2D eigenvalue weighted by atomic mass is 35.5. The van der Waals surface area contributed by atoms with Crippen LogP contribution < -0.4 is 5.32 Å². The van der Waals surface area contributed by atoms with Crippen LogP contribution in [0.3, 0.4) is 0 Å². The molecule has 4 rings (SSSR count). The van der Waals surface area contributed by atoms with Crippen LogP contribution in [0.4, 0.5) is 18.9 Å². The van der Waals surface area contributed by atoms with Crippen molar-refractivity contribution in [1.82, 2.24) is 19.7 Å². The highest BCUT2D eigenvalue weighted by Crippen LogP contribution is 2.33. The molecule has 0 atom stereocenters. The van der Waals surface area contributed by atoms with E-state index in [2.05, 4.69) is 15.4 Å². The third-order valence-corrected chi connectivity index (χ3v) is 6.20. The number of halogens is 4. The van der Waals surface area contributed by atoms with Crippen LogP contribution in [0, 0.1) is 6.92 Å². The molecule has 3 aromatic rings. The second kappa shape index (κ2) is 8.66. The van der Waals surface area contributed by atoms with E-state index < -0.39 is 17.6 Å². The van der Waals surface area contributed by atoms with Crippen molar-refractivity contribution < 1.29 is 22.8 Å². The maximum absolute atomic E-state index is 12.8. The molecule has 1 saturated heterocycles. The predicted molar refractivity (Wildman–Crippen MR) is 117 cm³/mol. The number of carbonyl (C=O) groups is 2. The van der Waals surface area contributed by atoms with Gasteiger partial charge in [0.25, 0.3) is 5.91 Å². The van der Waals surface area contributed by atoms with E-state index in [0.717, 1.165) is 25.0 Å². The second-order valence-electron chi connectivity index (χ2n) is 7.98. The summed E-state index contributed by atoms with van der Waals surface area (Å²) in [5, 5.41) is 7.86. The number of alkyl halides is 3. The molecule has 3 heterocycles. The number of carbonyl (C=O) groups excluding carboxylic acids is 2. The molecule has 1 aliphatic heterocycles. The van der Waals surface area contributed by atoms with Gasteiger partial charge in [0.05, 0.1) is 33.3 Å². The Labute approximate surface area is 192 Å². The van der Waals surface area contributed by atoms with Crippen molar-refractivity contribution in [3.8, 4) is 0 Å². The number of pyridine rings is 1. The molecule has 0 bridgehead atoms. The largest absolute Gasteiger partial charge is 0.416 e. The number of piperidine rings is 1. The highest BCUT2D eigenvalue weighted by Gasteiger charge is 2.30. The van der Waals surface area contributed by atoms with Crippen LogP contribution in [0.1, 0.15) is 47.4 Å². The molecule has 174 valence electrons. The monoisotopic (exact) mass is 479 g/mol. The zero-order valence-corrected chi connectivity index (χ0v) is 18.7. The molecule has 33 heavy (non-hydrogen) atoms. The molecule has 2 amide bonds. The molecule has 2 aromatic heterocycles. The fraction of sp³-hybridized carbons (Fsp3) is 0.364. The Bertz CT molecular complexity index is 1220. The number of amides is 2. The van der Waals surface area contributed by atoms with Crippen LogP contribution >= 0.6 is 11.6 Å². The molecule has 0 radical (unpaired) electrons. The van der Waals surface area contributed by atoms with Gasteiger partial charge in [-0.2, -0.15) is 18.3 Å². The van der Waals surface area contributed by atoms with Gasteiger partial charge in [-0.25, -0.2) is 9.67 Å². The Hall–Kier alpha value is -3.14. The highest BCUT2D eigenvalue weighted by molar-refractivity contribution is 6.39. The van der Waals surface area contributed by atoms with Crippen LogP contribution in [0.5, 0.6) is 0 Å². The van der Waals surface area contributed by atoms with Crippen molar-refractivity contribution in [3.63, 3.8) is 0 Å². The maximum atomic E-state index is 12.8. The van der Waals surface area contributed by atoms with Crippen molar-refractivity contribution >= 4 is 40.1 Å². The fourth-order valence-corrected chi connectivity index (χ4v) is 4.37. The Balaban J connectivity index is 1.58. The van der Waals surface area contributed by atoms with E-state index in [1.165, 1.54) is 18.3 Å². The summed E-state index contributed by atoms with van der Waals surface area (Å²) in [5.41, 5.74) is 0.649. The molecular weight excluding hydrogens is 459 g/mol. The van der Waals surface area contributed by atoms with Gasteiger partial charge in [-0.3, -0.25) is 9.59 Å². The Morgan fingerprint density at radius 1 is 1.15 bits per heavy atom. The molecule has 1 aliphatic rings. The lowest BCUT2D eigenvalue weighted by atomic mass is 10.1. The number of anilines is 1. The summed E-state index contributed by atoms with van der Waals surface area (Å²) in [6, 6.07) is 4.19. The van der Waals surface area contributed by atoms with Crippen LogP contribution in [-0.2, 0) is 11.0 Å². The number of nitrogens with one attached hydrogen (secondary N) is 1. The van der Waals surface area contributed by atoms with Gasteiger partial charge in [0.15, 0.2) is 5.65 Å². The van der Waals surface area contributed by atoms with Gasteiger partial charge in [-0.1, -0.05) is 11.6 Å². The number of benzene rings is 1. The van der Waals surface area contributed by atoms with Gasteiger partial charge in [-0.05, 0) is 44.0 Å². The zero-order chi connectivity index (χ0) is 23.9. The van der Waals surface area contributed by atoms with Gasteiger partial charge in [0.2, 0.25) is 5.91 Å². The Kier molecular flexibility index (Phi) is 6.04. The standard InChI is InChI=1S/C22H21ClF3N5O2/c1-12-18-19(23)17(21(33)28-15-5-3-14(4-6-15)22(24,25)26)11-27-20(18)31(29-12)16-7-9-30(10-8-16)13(2)32/h3-6,11,16H,7-10H2,1-2H3,(H,28,33). The van der Waals surface area contributed by atoms with E-state index in [9.17, 15) is 22.8 Å². The molecule has 1 aromatic carbocycles. The fourth-order valence-electron chi connectivity index (χ4n) is 4.01. The summed E-state index contributed by atoms with van der Waals surface area (Å²) in [7, 11) is 0. The number of aryl methyl sites for hydroxylation is 1. The molecule has 1 N–H and O–H groups in total. The van der Waals surface area contributed by atoms with E-state index in [1.807, 2.05) is 0 Å². The Morgan fingerprint density at radius 2 is 1.79 bits per heavy atom. The first kappa shape index (κ1) is 23.0. The molecule has 0 spiro atoms. The first-order valence-electron chi connectivity index (χ1n) is 10.3. The van der Waals surface area contributed by atoms with Crippen molar-refractivity contribution in [2.45, 2.75) is 38.9 Å². The molecule has 11 heteroatoms. The number of nitrogens with zero attached hydrogens (tertiary/aromatic N) is 4. The molecule has 7 nitrogen and oxygen atoms in total. The first-order chi connectivity index (χ1) is 15.6. The molecular formula is C22H21ClF3N5O2. The SMILES string of the molecule is CC(=O)N1CCC(n2nc(C)c3c(Cl)c(C(=O)Nc4ccc(C(F)(F)F)cc4)cnc32)CC1. The van der Waals surface area contributed by atoms with E-state index in [0.29, 0.717) is 29.8 Å².